The molecular weight excluding hydrogens is 324 g/mol. The van der Waals surface area contributed by atoms with Gasteiger partial charge in [-0.1, -0.05) is 18.2 Å². The summed E-state index contributed by atoms with van der Waals surface area (Å²) in [6.45, 7) is 2.94. The van der Waals surface area contributed by atoms with E-state index in [9.17, 15) is 9.59 Å². The van der Waals surface area contributed by atoms with E-state index in [4.69, 9.17) is 5.73 Å². The van der Waals surface area contributed by atoms with Gasteiger partial charge in [-0.05, 0) is 31.4 Å². The van der Waals surface area contributed by atoms with Crippen LogP contribution in [-0.4, -0.2) is 34.4 Å². The lowest BCUT2D eigenvalue weighted by molar-refractivity contribution is -0.124. The maximum atomic E-state index is 12.3. The van der Waals surface area contributed by atoms with Crippen molar-refractivity contribution in [3.63, 3.8) is 0 Å². The Balaban J connectivity index is 1.64. The summed E-state index contributed by atoms with van der Waals surface area (Å²) < 4.78 is 0. The third-order valence-electron chi connectivity index (χ3n) is 4.15. The van der Waals surface area contributed by atoms with Gasteiger partial charge in [0.25, 0.3) is 0 Å². The van der Waals surface area contributed by atoms with Gasteiger partial charge in [-0.3, -0.25) is 4.79 Å². The maximum Gasteiger partial charge on any atom is 0.315 e. The van der Waals surface area contributed by atoms with Crippen LogP contribution < -0.4 is 11.1 Å². The normalized spacial score (nSPS) is 17.0. The van der Waals surface area contributed by atoms with Crippen molar-refractivity contribution in [2.75, 3.05) is 6.54 Å². The van der Waals surface area contributed by atoms with Gasteiger partial charge in [0.2, 0.25) is 5.91 Å². The summed E-state index contributed by atoms with van der Waals surface area (Å²) in [4.78, 5) is 29.6. The molecule has 1 fully saturated rings. The first-order valence-electron chi connectivity index (χ1n) is 7.90. The second kappa shape index (κ2) is 7.00. The predicted octanol–water partition coefficient (Wildman–Crippen LogP) is 2.28. The fourth-order valence-electron chi connectivity index (χ4n) is 2.95. The molecule has 3 rings (SSSR count). The monoisotopic (exact) mass is 344 g/mol. The van der Waals surface area contributed by atoms with Crippen LogP contribution in [0.4, 0.5) is 4.79 Å². The molecule has 1 atom stereocenters. The number of carbonyl (C=O) groups excluding carboxylic acids is 2. The average molecular weight is 344 g/mol. The SMILES string of the molecule is Cc1nc(-c2cccc(CNC(=O)[C@@H]3CCCN3C(N)=O)c2)cs1. The highest BCUT2D eigenvalue weighted by Gasteiger charge is 2.32. The summed E-state index contributed by atoms with van der Waals surface area (Å²) in [7, 11) is 0. The van der Waals surface area contributed by atoms with Crippen molar-refractivity contribution in [3.05, 3.63) is 40.2 Å². The van der Waals surface area contributed by atoms with E-state index >= 15 is 0 Å². The molecule has 1 aromatic carbocycles. The lowest BCUT2D eigenvalue weighted by Crippen LogP contribution is -2.47. The molecule has 1 aromatic heterocycles. The van der Waals surface area contributed by atoms with E-state index in [2.05, 4.69) is 10.3 Å². The van der Waals surface area contributed by atoms with Crippen molar-refractivity contribution in [2.24, 2.45) is 5.73 Å². The van der Waals surface area contributed by atoms with Crippen molar-refractivity contribution in [2.45, 2.75) is 32.4 Å². The second-order valence-electron chi connectivity index (χ2n) is 5.86. The minimum Gasteiger partial charge on any atom is -0.351 e. The van der Waals surface area contributed by atoms with E-state index in [-0.39, 0.29) is 5.91 Å². The van der Waals surface area contributed by atoms with Crippen LogP contribution >= 0.6 is 11.3 Å². The average Bonchev–Trinajstić information content (AvgIpc) is 3.22. The van der Waals surface area contributed by atoms with Gasteiger partial charge in [-0.15, -0.1) is 11.3 Å². The Bertz CT molecular complexity index is 759. The minimum absolute atomic E-state index is 0.152. The number of rotatable bonds is 4. The van der Waals surface area contributed by atoms with Gasteiger partial charge in [0.1, 0.15) is 6.04 Å². The van der Waals surface area contributed by atoms with E-state index in [0.717, 1.165) is 28.2 Å². The highest BCUT2D eigenvalue weighted by Crippen LogP contribution is 2.22. The number of carbonyl (C=O) groups is 2. The topological polar surface area (TPSA) is 88.3 Å². The maximum absolute atomic E-state index is 12.3. The smallest absolute Gasteiger partial charge is 0.315 e. The van der Waals surface area contributed by atoms with Crippen LogP contribution in [0.3, 0.4) is 0 Å². The minimum atomic E-state index is -0.534. The van der Waals surface area contributed by atoms with Crippen LogP contribution in [-0.2, 0) is 11.3 Å². The number of urea groups is 1. The fourth-order valence-corrected chi connectivity index (χ4v) is 3.57. The lowest BCUT2D eigenvalue weighted by Gasteiger charge is -2.21. The molecule has 2 aromatic rings. The number of aromatic nitrogens is 1. The molecule has 3 amide bonds. The zero-order valence-electron chi connectivity index (χ0n) is 13.5. The highest BCUT2D eigenvalue weighted by atomic mass is 32.1. The van der Waals surface area contributed by atoms with Gasteiger partial charge < -0.3 is 16.0 Å². The number of nitrogens with one attached hydrogen (secondary N) is 1. The Hall–Kier alpha value is -2.41. The summed E-state index contributed by atoms with van der Waals surface area (Å²) in [5.74, 6) is -0.152. The molecule has 0 saturated carbocycles. The Labute approximate surface area is 144 Å². The van der Waals surface area contributed by atoms with E-state index in [1.807, 2.05) is 36.6 Å². The Kier molecular flexibility index (Phi) is 4.80. The largest absolute Gasteiger partial charge is 0.351 e. The van der Waals surface area contributed by atoms with Gasteiger partial charge in [0.15, 0.2) is 0 Å². The molecule has 1 aliphatic heterocycles. The zero-order chi connectivity index (χ0) is 17.1. The number of aryl methyl sites for hydroxylation is 1. The molecule has 3 N–H and O–H groups in total. The number of benzene rings is 1. The number of amides is 3. The van der Waals surface area contributed by atoms with Crippen LogP contribution in [0.5, 0.6) is 0 Å². The number of likely N-dealkylation sites (tertiary alicyclic amines) is 1. The molecule has 0 radical (unpaired) electrons. The molecule has 24 heavy (non-hydrogen) atoms. The molecule has 0 bridgehead atoms. The van der Waals surface area contributed by atoms with Crippen LogP contribution in [0.1, 0.15) is 23.4 Å². The van der Waals surface area contributed by atoms with Crippen LogP contribution in [0.25, 0.3) is 11.3 Å². The number of nitrogens with zero attached hydrogens (tertiary/aromatic N) is 2. The van der Waals surface area contributed by atoms with E-state index in [1.165, 1.54) is 4.90 Å². The van der Waals surface area contributed by atoms with Crippen molar-refractivity contribution in [3.8, 4) is 11.3 Å². The first-order valence-corrected chi connectivity index (χ1v) is 8.78. The molecular formula is C17H20N4O2S. The summed E-state index contributed by atoms with van der Waals surface area (Å²) in [5.41, 5.74) is 8.29. The summed E-state index contributed by atoms with van der Waals surface area (Å²) in [6.07, 6.45) is 1.46. The quantitative estimate of drug-likeness (QED) is 0.892. The fraction of sp³-hybridized carbons (Fsp3) is 0.353. The Morgan fingerprint density at radius 2 is 2.29 bits per heavy atom. The number of primary amides is 1. The molecule has 0 unspecified atom stereocenters. The molecule has 1 aliphatic rings. The van der Waals surface area contributed by atoms with Crippen LogP contribution in [0, 0.1) is 6.92 Å². The molecule has 2 heterocycles. The predicted molar refractivity (Wildman–Crippen MR) is 93.4 cm³/mol. The second-order valence-corrected chi connectivity index (χ2v) is 6.92. The zero-order valence-corrected chi connectivity index (χ0v) is 14.3. The van der Waals surface area contributed by atoms with Crippen molar-refractivity contribution in [1.29, 1.82) is 0 Å². The number of thiazole rings is 1. The number of hydrogen-bond acceptors (Lipinski definition) is 4. The van der Waals surface area contributed by atoms with E-state index < -0.39 is 12.1 Å². The molecule has 126 valence electrons. The van der Waals surface area contributed by atoms with Gasteiger partial charge in [-0.2, -0.15) is 0 Å². The Morgan fingerprint density at radius 1 is 1.46 bits per heavy atom. The first kappa shape index (κ1) is 16.4. The van der Waals surface area contributed by atoms with Crippen molar-refractivity contribution < 1.29 is 9.59 Å². The third-order valence-corrected chi connectivity index (χ3v) is 4.92. The van der Waals surface area contributed by atoms with Crippen molar-refractivity contribution >= 4 is 23.3 Å². The number of hydrogen-bond donors (Lipinski definition) is 2. The van der Waals surface area contributed by atoms with Gasteiger partial charge >= 0.3 is 6.03 Å². The Morgan fingerprint density at radius 3 is 3.00 bits per heavy atom. The van der Waals surface area contributed by atoms with E-state index in [1.54, 1.807) is 11.3 Å². The molecule has 0 aliphatic carbocycles. The number of nitrogens with two attached hydrogens (primary N) is 1. The first-order chi connectivity index (χ1) is 11.5. The van der Waals surface area contributed by atoms with Crippen LogP contribution in [0.2, 0.25) is 0 Å². The van der Waals surface area contributed by atoms with Crippen molar-refractivity contribution in [1.82, 2.24) is 15.2 Å². The van der Waals surface area contributed by atoms with Crippen LogP contribution in [0.15, 0.2) is 29.6 Å². The summed E-state index contributed by atoms with van der Waals surface area (Å²) in [6, 6.07) is 6.96. The molecule has 6 nitrogen and oxygen atoms in total. The lowest BCUT2D eigenvalue weighted by atomic mass is 10.1. The standard InChI is InChI=1S/C17H20N4O2S/c1-11-20-14(10-24-11)13-5-2-4-12(8-13)9-19-16(22)15-6-3-7-21(15)17(18)23/h2,4-5,8,10,15H,3,6-7,9H2,1H3,(H2,18,23)(H,19,22)/t15-/m0/s1. The summed E-state index contributed by atoms with van der Waals surface area (Å²) in [5, 5.41) is 5.95. The molecule has 7 heteroatoms. The third kappa shape index (κ3) is 3.56. The van der Waals surface area contributed by atoms with E-state index in [0.29, 0.717) is 19.5 Å². The molecule has 0 spiro atoms. The van der Waals surface area contributed by atoms with Gasteiger partial charge in [-0.25, -0.2) is 9.78 Å². The van der Waals surface area contributed by atoms with Gasteiger partial charge in [0, 0.05) is 24.0 Å². The van der Waals surface area contributed by atoms with Gasteiger partial charge in [0.05, 0.1) is 10.7 Å². The summed E-state index contributed by atoms with van der Waals surface area (Å²) >= 11 is 1.61. The molecule has 1 saturated heterocycles. The highest BCUT2D eigenvalue weighted by molar-refractivity contribution is 7.09.